The maximum absolute atomic E-state index is 12.6. The molecule has 1 fully saturated rings. The van der Waals surface area contributed by atoms with E-state index in [1.54, 1.807) is 0 Å². The minimum atomic E-state index is -3.70. The van der Waals surface area contributed by atoms with Crippen LogP contribution in [0.1, 0.15) is 12.8 Å². The van der Waals surface area contributed by atoms with Gasteiger partial charge in [-0.2, -0.15) is 4.31 Å². The number of pyridine rings is 1. The number of sulfonamides is 1. The lowest BCUT2D eigenvalue weighted by Crippen LogP contribution is -2.41. The molecule has 0 saturated carbocycles. The summed E-state index contributed by atoms with van der Waals surface area (Å²) in [5.41, 5.74) is 10.8. The van der Waals surface area contributed by atoms with Crippen LogP contribution in [0.4, 0.5) is 4.39 Å². The van der Waals surface area contributed by atoms with E-state index in [1.165, 1.54) is 22.6 Å². The van der Waals surface area contributed by atoms with Crippen molar-refractivity contribution in [3.8, 4) is 5.88 Å². The Balaban J connectivity index is 2.02. The summed E-state index contributed by atoms with van der Waals surface area (Å²) < 4.78 is 44.1. The third-order valence-electron chi connectivity index (χ3n) is 4.03. The number of ether oxygens (including phenoxy) is 1. The predicted molar refractivity (Wildman–Crippen MR) is 88.7 cm³/mol. The molecule has 10 heteroatoms. The van der Waals surface area contributed by atoms with Crippen LogP contribution in [-0.2, 0) is 14.8 Å². The standard InChI is InChI=1S/C15H21FN4O4S/c16-7-11(8-17)10-24-14-2-1-13(9-19-14)25(22,23)20-5-3-12(4-6-20)15(18)21/h1-2,7,9,12H,3-6,8,10,17H2,(H2,18,21)/b11-7+. The number of hydrogen-bond acceptors (Lipinski definition) is 6. The summed E-state index contributed by atoms with van der Waals surface area (Å²) in [7, 11) is -3.70. The van der Waals surface area contributed by atoms with Crippen molar-refractivity contribution in [2.75, 3.05) is 26.2 Å². The highest BCUT2D eigenvalue weighted by molar-refractivity contribution is 7.89. The van der Waals surface area contributed by atoms with Crippen LogP contribution in [0.25, 0.3) is 0 Å². The first-order valence-corrected chi connectivity index (χ1v) is 9.19. The zero-order valence-electron chi connectivity index (χ0n) is 13.6. The average Bonchev–Trinajstić information content (AvgIpc) is 2.63. The Hall–Kier alpha value is -2.04. The maximum Gasteiger partial charge on any atom is 0.244 e. The van der Waals surface area contributed by atoms with Crippen molar-refractivity contribution >= 4 is 15.9 Å². The molecule has 1 aliphatic heterocycles. The third-order valence-corrected chi connectivity index (χ3v) is 5.91. The first kappa shape index (κ1) is 19.3. The van der Waals surface area contributed by atoms with Gasteiger partial charge in [0.15, 0.2) is 0 Å². The van der Waals surface area contributed by atoms with E-state index in [0.29, 0.717) is 19.2 Å². The number of nitrogens with zero attached hydrogens (tertiary/aromatic N) is 2. The Bertz CT molecular complexity index is 728. The van der Waals surface area contributed by atoms with E-state index in [-0.39, 0.29) is 48.5 Å². The molecular weight excluding hydrogens is 351 g/mol. The van der Waals surface area contributed by atoms with Gasteiger partial charge >= 0.3 is 0 Å². The van der Waals surface area contributed by atoms with Gasteiger partial charge in [0.2, 0.25) is 21.8 Å². The highest BCUT2D eigenvalue weighted by atomic mass is 32.2. The lowest BCUT2D eigenvalue weighted by Gasteiger charge is -2.29. The molecule has 0 spiro atoms. The molecular formula is C15H21FN4O4S. The molecule has 2 rings (SSSR count). The van der Waals surface area contributed by atoms with Crippen LogP contribution in [0.5, 0.6) is 5.88 Å². The van der Waals surface area contributed by atoms with Gasteiger partial charge in [0.1, 0.15) is 11.5 Å². The third kappa shape index (κ3) is 4.74. The normalized spacial score (nSPS) is 17.4. The lowest BCUT2D eigenvalue weighted by molar-refractivity contribution is -0.122. The van der Waals surface area contributed by atoms with E-state index in [4.69, 9.17) is 16.2 Å². The molecule has 8 nitrogen and oxygen atoms in total. The Morgan fingerprint density at radius 3 is 2.56 bits per heavy atom. The van der Waals surface area contributed by atoms with Crippen LogP contribution in [-0.4, -0.2) is 49.9 Å². The van der Waals surface area contributed by atoms with Crippen LogP contribution < -0.4 is 16.2 Å². The zero-order valence-corrected chi connectivity index (χ0v) is 14.4. The Morgan fingerprint density at radius 1 is 1.40 bits per heavy atom. The summed E-state index contributed by atoms with van der Waals surface area (Å²) >= 11 is 0. The molecule has 0 aliphatic carbocycles. The van der Waals surface area contributed by atoms with E-state index >= 15 is 0 Å². The molecule has 1 aliphatic rings. The number of amides is 1. The summed E-state index contributed by atoms with van der Waals surface area (Å²) in [6, 6.07) is 2.77. The van der Waals surface area contributed by atoms with Gasteiger partial charge in [0, 0.05) is 37.2 Å². The second kappa shape index (κ2) is 8.37. The van der Waals surface area contributed by atoms with Crippen molar-refractivity contribution in [1.29, 1.82) is 0 Å². The Kier molecular flexibility index (Phi) is 6.45. The molecule has 0 aromatic carbocycles. The van der Waals surface area contributed by atoms with Crippen LogP contribution >= 0.6 is 0 Å². The minimum absolute atomic E-state index is 0.0181. The van der Waals surface area contributed by atoms with Gasteiger partial charge in [-0.3, -0.25) is 4.79 Å². The largest absolute Gasteiger partial charge is 0.473 e. The fourth-order valence-electron chi connectivity index (χ4n) is 2.44. The van der Waals surface area contributed by atoms with Gasteiger partial charge in [-0.25, -0.2) is 17.8 Å². The molecule has 2 heterocycles. The van der Waals surface area contributed by atoms with Gasteiger partial charge in [-0.05, 0) is 18.9 Å². The molecule has 1 aromatic heterocycles. The van der Waals surface area contributed by atoms with E-state index in [1.807, 2.05) is 0 Å². The van der Waals surface area contributed by atoms with Crippen LogP contribution in [0.2, 0.25) is 0 Å². The second-order valence-corrected chi connectivity index (χ2v) is 7.61. The van der Waals surface area contributed by atoms with E-state index in [2.05, 4.69) is 4.98 Å². The molecule has 138 valence electrons. The lowest BCUT2D eigenvalue weighted by atomic mass is 9.98. The molecule has 25 heavy (non-hydrogen) atoms. The smallest absolute Gasteiger partial charge is 0.244 e. The summed E-state index contributed by atoms with van der Waals surface area (Å²) in [5.74, 6) is -0.528. The van der Waals surface area contributed by atoms with E-state index in [0.717, 1.165) is 0 Å². The predicted octanol–water partition coefficient (Wildman–Crippen LogP) is 0.159. The fraction of sp³-hybridized carbons (Fsp3) is 0.467. The second-order valence-electron chi connectivity index (χ2n) is 5.67. The SMILES string of the molecule is NC/C(=C\F)COc1ccc(S(=O)(=O)N2CCC(C(N)=O)CC2)cn1. The van der Waals surface area contributed by atoms with Crippen molar-refractivity contribution in [2.24, 2.45) is 17.4 Å². The molecule has 1 saturated heterocycles. The number of nitrogens with two attached hydrogens (primary N) is 2. The molecule has 0 atom stereocenters. The Labute approximate surface area is 145 Å². The quantitative estimate of drug-likeness (QED) is 0.701. The number of carbonyl (C=O) groups is 1. The molecule has 1 amide bonds. The Morgan fingerprint density at radius 2 is 2.08 bits per heavy atom. The van der Waals surface area contributed by atoms with Gasteiger partial charge in [-0.1, -0.05) is 0 Å². The molecule has 0 unspecified atom stereocenters. The van der Waals surface area contributed by atoms with Crippen molar-refractivity contribution < 1.29 is 22.3 Å². The van der Waals surface area contributed by atoms with Crippen LogP contribution in [0, 0.1) is 5.92 Å². The van der Waals surface area contributed by atoms with Crippen LogP contribution in [0.15, 0.2) is 35.1 Å². The van der Waals surface area contributed by atoms with Gasteiger partial charge in [0.25, 0.3) is 0 Å². The number of piperidine rings is 1. The van der Waals surface area contributed by atoms with Crippen LogP contribution in [0.3, 0.4) is 0 Å². The van der Waals surface area contributed by atoms with Gasteiger partial charge in [-0.15, -0.1) is 0 Å². The number of aromatic nitrogens is 1. The highest BCUT2D eigenvalue weighted by Crippen LogP contribution is 2.24. The highest BCUT2D eigenvalue weighted by Gasteiger charge is 2.31. The van der Waals surface area contributed by atoms with Crippen molar-refractivity contribution in [3.63, 3.8) is 0 Å². The first-order valence-electron chi connectivity index (χ1n) is 7.75. The minimum Gasteiger partial charge on any atom is -0.473 e. The van der Waals surface area contributed by atoms with Crippen molar-refractivity contribution in [1.82, 2.24) is 9.29 Å². The van der Waals surface area contributed by atoms with E-state index < -0.39 is 15.9 Å². The summed E-state index contributed by atoms with van der Waals surface area (Å²) in [5, 5.41) is 0. The first-order chi connectivity index (χ1) is 11.9. The number of halogens is 1. The number of carbonyl (C=O) groups excluding carboxylic acids is 1. The van der Waals surface area contributed by atoms with Crippen molar-refractivity contribution in [2.45, 2.75) is 17.7 Å². The monoisotopic (exact) mass is 372 g/mol. The van der Waals surface area contributed by atoms with Crippen molar-refractivity contribution in [3.05, 3.63) is 30.2 Å². The number of primary amides is 1. The molecule has 0 bridgehead atoms. The fourth-order valence-corrected chi connectivity index (χ4v) is 3.85. The topological polar surface area (TPSA) is 129 Å². The van der Waals surface area contributed by atoms with Gasteiger partial charge < -0.3 is 16.2 Å². The zero-order chi connectivity index (χ0) is 18.4. The molecule has 4 N–H and O–H groups in total. The summed E-state index contributed by atoms with van der Waals surface area (Å²) in [6.07, 6.45) is 2.36. The number of rotatable bonds is 7. The summed E-state index contributed by atoms with van der Waals surface area (Å²) in [6.45, 7) is 0.418. The van der Waals surface area contributed by atoms with E-state index in [9.17, 15) is 17.6 Å². The number of hydrogen-bond donors (Lipinski definition) is 2. The van der Waals surface area contributed by atoms with Gasteiger partial charge in [0.05, 0.1) is 12.5 Å². The summed E-state index contributed by atoms with van der Waals surface area (Å²) in [4.78, 5) is 15.1. The molecule has 1 aromatic rings. The average molecular weight is 372 g/mol. The maximum atomic E-state index is 12.6. The molecule has 0 radical (unpaired) electrons.